The normalized spacial score (nSPS) is 16.4. The first-order valence-electron chi connectivity index (χ1n) is 6.38. The molecule has 1 saturated carbocycles. The number of carbonyl (C=O) groups excluding carboxylic acids is 1. The van der Waals surface area contributed by atoms with Gasteiger partial charge in [-0.15, -0.1) is 0 Å². The summed E-state index contributed by atoms with van der Waals surface area (Å²) in [7, 11) is 3.15. The molecule has 1 aromatic rings. The van der Waals surface area contributed by atoms with Crippen LogP contribution in [0.4, 0.5) is 5.69 Å². The molecule has 5 heteroatoms. The van der Waals surface area contributed by atoms with E-state index < -0.39 is 5.41 Å². The lowest BCUT2D eigenvalue weighted by Crippen LogP contribution is -2.47. The lowest BCUT2D eigenvalue weighted by Gasteiger charge is -2.39. The van der Waals surface area contributed by atoms with Crippen molar-refractivity contribution in [2.75, 3.05) is 26.1 Å². The standard InChI is InChI=1S/C14H20N2O3/c1-18-11-6-10(7-12(8-11)19-2)16-13(17)14(9-15)4-3-5-14/h6-8H,3-5,9,15H2,1-2H3,(H,16,17). The molecular weight excluding hydrogens is 244 g/mol. The summed E-state index contributed by atoms with van der Waals surface area (Å²) < 4.78 is 10.4. The Morgan fingerprint density at radius 2 is 1.84 bits per heavy atom. The van der Waals surface area contributed by atoms with Gasteiger partial charge < -0.3 is 20.5 Å². The van der Waals surface area contributed by atoms with E-state index in [1.165, 1.54) is 0 Å². The molecule has 0 spiro atoms. The largest absolute Gasteiger partial charge is 0.497 e. The van der Waals surface area contributed by atoms with E-state index in [0.29, 0.717) is 23.7 Å². The highest BCUT2D eigenvalue weighted by molar-refractivity contribution is 5.96. The summed E-state index contributed by atoms with van der Waals surface area (Å²) in [5.41, 5.74) is 6.00. The molecule has 0 aromatic heterocycles. The summed E-state index contributed by atoms with van der Waals surface area (Å²) >= 11 is 0. The van der Waals surface area contributed by atoms with Crippen LogP contribution in [0.5, 0.6) is 11.5 Å². The summed E-state index contributed by atoms with van der Waals surface area (Å²) in [5.74, 6) is 1.27. The molecule has 0 bridgehead atoms. The molecule has 1 aliphatic carbocycles. The summed E-state index contributed by atoms with van der Waals surface area (Å²) in [5, 5.41) is 2.91. The molecule has 1 aliphatic rings. The van der Waals surface area contributed by atoms with Crippen molar-refractivity contribution in [1.29, 1.82) is 0 Å². The minimum atomic E-state index is -0.393. The molecule has 0 saturated heterocycles. The van der Waals surface area contributed by atoms with Crippen molar-refractivity contribution in [3.05, 3.63) is 18.2 Å². The highest BCUT2D eigenvalue weighted by Crippen LogP contribution is 2.41. The van der Waals surface area contributed by atoms with Crippen LogP contribution in [0.25, 0.3) is 0 Å². The second kappa shape index (κ2) is 5.48. The molecule has 0 atom stereocenters. The molecule has 1 amide bonds. The molecule has 1 fully saturated rings. The number of nitrogens with one attached hydrogen (secondary N) is 1. The molecule has 5 nitrogen and oxygen atoms in total. The van der Waals surface area contributed by atoms with E-state index in [2.05, 4.69) is 5.32 Å². The van der Waals surface area contributed by atoms with Crippen molar-refractivity contribution in [3.8, 4) is 11.5 Å². The van der Waals surface area contributed by atoms with Crippen molar-refractivity contribution in [1.82, 2.24) is 0 Å². The van der Waals surface area contributed by atoms with E-state index >= 15 is 0 Å². The lowest BCUT2D eigenvalue weighted by atomic mass is 9.68. The first kappa shape index (κ1) is 13.7. The number of rotatable bonds is 5. The Morgan fingerprint density at radius 3 is 2.21 bits per heavy atom. The maximum atomic E-state index is 12.3. The minimum Gasteiger partial charge on any atom is -0.497 e. The van der Waals surface area contributed by atoms with Crippen LogP contribution in [0, 0.1) is 5.41 Å². The van der Waals surface area contributed by atoms with E-state index in [0.717, 1.165) is 19.3 Å². The van der Waals surface area contributed by atoms with Crippen molar-refractivity contribution < 1.29 is 14.3 Å². The Kier molecular flexibility index (Phi) is 3.95. The van der Waals surface area contributed by atoms with Crippen molar-refractivity contribution >= 4 is 11.6 Å². The number of ether oxygens (including phenoxy) is 2. The molecular formula is C14H20N2O3. The Morgan fingerprint density at radius 1 is 1.26 bits per heavy atom. The molecule has 104 valence electrons. The number of nitrogens with two attached hydrogens (primary N) is 1. The van der Waals surface area contributed by atoms with Gasteiger partial charge >= 0.3 is 0 Å². The number of anilines is 1. The fourth-order valence-corrected chi connectivity index (χ4v) is 2.27. The van der Waals surface area contributed by atoms with Crippen LogP contribution in [0.2, 0.25) is 0 Å². The van der Waals surface area contributed by atoms with E-state index in [-0.39, 0.29) is 5.91 Å². The highest BCUT2D eigenvalue weighted by atomic mass is 16.5. The predicted octanol–water partition coefficient (Wildman–Crippen LogP) is 1.77. The van der Waals surface area contributed by atoms with Gasteiger partial charge in [-0.3, -0.25) is 4.79 Å². The second-order valence-electron chi connectivity index (χ2n) is 4.89. The first-order valence-corrected chi connectivity index (χ1v) is 6.38. The molecule has 0 unspecified atom stereocenters. The van der Waals surface area contributed by atoms with Crippen LogP contribution in [-0.4, -0.2) is 26.7 Å². The molecule has 0 aliphatic heterocycles. The Balaban J connectivity index is 2.16. The quantitative estimate of drug-likeness (QED) is 0.850. The molecule has 19 heavy (non-hydrogen) atoms. The van der Waals surface area contributed by atoms with Crippen LogP contribution in [0.15, 0.2) is 18.2 Å². The van der Waals surface area contributed by atoms with Crippen LogP contribution in [-0.2, 0) is 4.79 Å². The van der Waals surface area contributed by atoms with E-state index in [1.54, 1.807) is 32.4 Å². The van der Waals surface area contributed by atoms with Gasteiger partial charge in [0.2, 0.25) is 5.91 Å². The topological polar surface area (TPSA) is 73.6 Å². The molecule has 0 radical (unpaired) electrons. The number of benzene rings is 1. The van der Waals surface area contributed by atoms with Gasteiger partial charge in [-0.1, -0.05) is 6.42 Å². The third-order valence-electron chi connectivity index (χ3n) is 3.79. The average molecular weight is 264 g/mol. The summed E-state index contributed by atoms with van der Waals surface area (Å²) in [6, 6.07) is 5.30. The van der Waals surface area contributed by atoms with Gasteiger partial charge in [-0.25, -0.2) is 0 Å². The third-order valence-corrected chi connectivity index (χ3v) is 3.79. The van der Waals surface area contributed by atoms with E-state index in [4.69, 9.17) is 15.2 Å². The fraction of sp³-hybridized carbons (Fsp3) is 0.500. The van der Waals surface area contributed by atoms with Crippen LogP contribution >= 0.6 is 0 Å². The number of hydrogen-bond donors (Lipinski definition) is 2. The number of methoxy groups -OCH3 is 2. The van der Waals surface area contributed by atoms with E-state index in [9.17, 15) is 4.79 Å². The second-order valence-corrected chi connectivity index (χ2v) is 4.89. The zero-order chi connectivity index (χ0) is 13.9. The Bertz CT molecular complexity index is 442. The van der Waals surface area contributed by atoms with Gasteiger partial charge in [0.25, 0.3) is 0 Å². The monoisotopic (exact) mass is 264 g/mol. The summed E-state index contributed by atoms with van der Waals surface area (Å²) in [6.07, 6.45) is 2.78. The summed E-state index contributed by atoms with van der Waals surface area (Å²) in [4.78, 5) is 12.3. The van der Waals surface area contributed by atoms with Gasteiger partial charge in [-0.05, 0) is 12.8 Å². The molecule has 2 rings (SSSR count). The smallest absolute Gasteiger partial charge is 0.231 e. The van der Waals surface area contributed by atoms with Gasteiger partial charge in [0.1, 0.15) is 11.5 Å². The van der Waals surface area contributed by atoms with Crippen LogP contribution in [0.1, 0.15) is 19.3 Å². The van der Waals surface area contributed by atoms with Crippen molar-refractivity contribution in [2.24, 2.45) is 11.1 Å². The number of amides is 1. The van der Waals surface area contributed by atoms with Crippen molar-refractivity contribution in [3.63, 3.8) is 0 Å². The van der Waals surface area contributed by atoms with Gasteiger partial charge in [0.05, 0.1) is 19.6 Å². The van der Waals surface area contributed by atoms with Crippen LogP contribution in [0.3, 0.4) is 0 Å². The number of hydrogen-bond acceptors (Lipinski definition) is 4. The fourth-order valence-electron chi connectivity index (χ4n) is 2.27. The SMILES string of the molecule is COc1cc(NC(=O)C2(CN)CCC2)cc(OC)c1. The van der Waals surface area contributed by atoms with Gasteiger partial charge in [0, 0.05) is 30.4 Å². The Labute approximate surface area is 113 Å². The highest BCUT2D eigenvalue weighted by Gasteiger charge is 2.42. The summed E-state index contributed by atoms with van der Waals surface area (Å²) in [6.45, 7) is 0.389. The average Bonchev–Trinajstić information content (AvgIpc) is 2.37. The van der Waals surface area contributed by atoms with Crippen molar-refractivity contribution in [2.45, 2.75) is 19.3 Å². The minimum absolute atomic E-state index is 0.0171. The van der Waals surface area contributed by atoms with E-state index in [1.807, 2.05) is 0 Å². The molecule has 1 aromatic carbocycles. The van der Waals surface area contributed by atoms with Crippen LogP contribution < -0.4 is 20.5 Å². The van der Waals surface area contributed by atoms with Gasteiger partial charge in [0.15, 0.2) is 0 Å². The Hall–Kier alpha value is -1.75. The maximum absolute atomic E-state index is 12.3. The maximum Gasteiger partial charge on any atom is 0.231 e. The molecule has 3 N–H and O–H groups in total. The van der Waals surface area contributed by atoms with Gasteiger partial charge in [-0.2, -0.15) is 0 Å². The third kappa shape index (κ3) is 2.66. The zero-order valence-electron chi connectivity index (χ0n) is 11.4. The lowest BCUT2D eigenvalue weighted by molar-refractivity contribution is -0.129. The predicted molar refractivity (Wildman–Crippen MR) is 73.5 cm³/mol. The number of carbonyl (C=O) groups is 1. The zero-order valence-corrected chi connectivity index (χ0v) is 11.4. The molecule has 0 heterocycles. The first-order chi connectivity index (χ1) is 9.13.